The molecule has 0 aromatic rings. The van der Waals surface area contributed by atoms with E-state index in [2.05, 4.69) is 5.32 Å². The molecule has 0 aromatic carbocycles. The Kier molecular flexibility index (Phi) is 5.38. The molecule has 0 radical (unpaired) electrons. The average Bonchev–Trinajstić information content (AvgIpc) is 2.24. The zero-order valence-electron chi connectivity index (χ0n) is 10.8. The summed E-state index contributed by atoms with van der Waals surface area (Å²) in [7, 11) is -1.15. The highest BCUT2D eigenvalue weighted by Gasteiger charge is 2.36. The van der Waals surface area contributed by atoms with Crippen molar-refractivity contribution in [2.45, 2.75) is 56.4 Å². The fourth-order valence-electron chi connectivity index (χ4n) is 2.32. The number of hydrogen-bond donors (Lipinski definition) is 1. The van der Waals surface area contributed by atoms with Crippen molar-refractivity contribution in [3.8, 4) is 0 Å². The van der Waals surface area contributed by atoms with Crippen LogP contribution in [0.2, 0.25) is 0 Å². The third-order valence-corrected chi connectivity index (χ3v) is 5.93. The van der Waals surface area contributed by atoms with Crippen molar-refractivity contribution in [1.29, 1.82) is 0 Å². The van der Waals surface area contributed by atoms with E-state index < -0.39 is 15.5 Å². The Bertz CT molecular complexity index is 317. The molecule has 102 valence electrons. The Morgan fingerprint density at radius 3 is 2.41 bits per heavy atom. The van der Waals surface area contributed by atoms with Crippen molar-refractivity contribution >= 4 is 9.84 Å². The molecule has 0 bridgehead atoms. The van der Waals surface area contributed by atoms with Gasteiger partial charge >= 0.3 is 0 Å². The second kappa shape index (κ2) is 6.14. The molecule has 1 N–H and O–H groups in total. The smallest absolute Gasteiger partial charge is 0.153 e. The molecule has 0 amide bonds. The van der Waals surface area contributed by atoms with Crippen molar-refractivity contribution in [3.05, 3.63) is 0 Å². The molecular formula is C12H24FNO2S. The summed E-state index contributed by atoms with van der Waals surface area (Å²) >= 11 is 0. The highest BCUT2D eigenvalue weighted by molar-refractivity contribution is 7.92. The molecule has 1 fully saturated rings. The predicted molar refractivity (Wildman–Crippen MR) is 68.7 cm³/mol. The van der Waals surface area contributed by atoms with Crippen LogP contribution in [0.1, 0.15) is 45.4 Å². The van der Waals surface area contributed by atoms with Crippen LogP contribution >= 0.6 is 0 Å². The van der Waals surface area contributed by atoms with Crippen LogP contribution in [0, 0.1) is 0 Å². The third kappa shape index (κ3) is 4.92. The van der Waals surface area contributed by atoms with E-state index in [-0.39, 0.29) is 11.0 Å². The van der Waals surface area contributed by atoms with Crippen LogP contribution in [0.4, 0.5) is 4.39 Å². The number of alkyl halides is 1. The summed E-state index contributed by atoms with van der Waals surface area (Å²) in [6, 6.07) is 0. The van der Waals surface area contributed by atoms with Gasteiger partial charge in [0.2, 0.25) is 0 Å². The summed E-state index contributed by atoms with van der Waals surface area (Å²) in [6.45, 7) is 2.42. The molecule has 1 aliphatic carbocycles. The van der Waals surface area contributed by atoms with Gasteiger partial charge in [0.15, 0.2) is 9.84 Å². The molecule has 3 nitrogen and oxygen atoms in total. The molecule has 17 heavy (non-hydrogen) atoms. The second-order valence-electron chi connectivity index (χ2n) is 5.29. The van der Waals surface area contributed by atoms with Gasteiger partial charge in [-0.25, -0.2) is 12.8 Å². The monoisotopic (exact) mass is 265 g/mol. The van der Waals surface area contributed by atoms with Gasteiger partial charge in [0.25, 0.3) is 0 Å². The predicted octanol–water partition coefficient (Wildman–Crippen LogP) is 2.07. The third-order valence-electron chi connectivity index (χ3n) is 3.59. The van der Waals surface area contributed by atoms with Crippen LogP contribution < -0.4 is 5.32 Å². The summed E-state index contributed by atoms with van der Waals surface area (Å²) in [6.07, 6.45) is 3.32. The van der Waals surface area contributed by atoms with Crippen LogP contribution in [0.3, 0.4) is 0 Å². The number of sulfone groups is 1. The minimum atomic E-state index is -3.01. The highest BCUT2D eigenvalue weighted by atomic mass is 32.2. The normalized spacial score (nSPS) is 30.4. The number of hydrogen-bond acceptors (Lipinski definition) is 3. The largest absolute Gasteiger partial charge is 0.320 e. The first kappa shape index (κ1) is 14.9. The van der Waals surface area contributed by atoms with E-state index in [9.17, 15) is 12.8 Å². The molecule has 0 aliphatic heterocycles. The van der Waals surface area contributed by atoms with Crippen molar-refractivity contribution in [2.24, 2.45) is 0 Å². The minimum absolute atomic E-state index is 0.252. The Morgan fingerprint density at radius 2 is 1.88 bits per heavy atom. The van der Waals surface area contributed by atoms with E-state index in [0.29, 0.717) is 32.1 Å². The second-order valence-corrected chi connectivity index (χ2v) is 7.69. The molecule has 0 heterocycles. The summed E-state index contributed by atoms with van der Waals surface area (Å²) in [5.41, 5.74) is -1.15. The summed E-state index contributed by atoms with van der Waals surface area (Å²) in [4.78, 5) is 0. The van der Waals surface area contributed by atoms with Crippen molar-refractivity contribution in [1.82, 2.24) is 5.32 Å². The molecule has 1 aliphatic rings. The molecule has 0 aromatic heterocycles. The quantitative estimate of drug-likeness (QED) is 0.748. The Hall–Kier alpha value is -0.160. The van der Waals surface area contributed by atoms with E-state index in [0.717, 1.165) is 13.0 Å². The molecule has 1 rings (SSSR count). The lowest BCUT2D eigenvalue weighted by Crippen LogP contribution is -2.34. The first-order valence-electron chi connectivity index (χ1n) is 6.42. The Morgan fingerprint density at radius 1 is 1.29 bits per heavy atom. The molecule has 0 saturated heterocycles. The van der Waals surface area contributed by atoms with Gasteiger partial charge in [0.1, 0.15) is 5.67 Å². The van der Waals surface area contributed by atoms with Crippen molar-refractivity contribution in [2.75, 3.05) is 19.3 Å². The number of halogens is 1. The Balaban J connectivity index is 2.38. The minimum Gasteiger partial charge on any atom is -0.320 e. The van der Waals surface area contributed by atoms with E-state index >= 15 is 0 Å². The van der Waals surface area contributed by atoms with Crippen LogP contribution in [0.15, 0.2) is 0 Å². The standard InChI is InChI=1S/C12H24FNO2S/c1-12(13)7-5-11(6-8-12)17(15,16)10-4-3-9-14-2/h11,14H,3-10H2,1-2H3. The number of nitrogens with one attached hydrogen (secondary N) is 1. The fourth-order valence-corrected chi connectivity index (χ4v) is 4.22. The molecule has 0 atom stereocenters. The Labute approximate surface area is 104 Å². The number of rotatable bonds is 6. The maximum absolute atomic E-state index is 13.6. The lowest BCUT2D eigenvalue weighted by molar-refractivity contribution is 0.131. The molecule has 1 saturated carbocycles. The van der Waals surface area contributed by atoms with Gasteiger partial charge in [-0.2, -0.15) is 0 Å². The lowest BCUT2D eigenvalue weighted by atomic mass is 9.88. The van der Waals surface area contributed by atoms with Crippen molar-refractivity contribution in [3.63, 3.8) is 0 Å². The molecule has 0 unspecified atom stereocenters. The van der Waals surface area contributed by atoms with Crippen LogP contribution in [-0.2, 0) is 9.84 Å². The topological polar surface area (TPSA) is 46.2 Å². The van der Waals surface area contributed by atoms with Crippen LogP contribution in [0.5, 0.6) is 0 Å². The van der Waals surface area contributed by atoms with Gasteiger partial charge in [-0.05, 0) is 59.0 Å². The lowest BCUT2D eigenvalue weighted by Gasteiger charge is -2.30. The SMILES string of the molecule is CNCCCCS(=O)(=O)C1CCC(C)(F)CC1. The van der Waals surface area contributed by atoms with Gasteiger partial charge in [-0.3, -0.25) is 0 Å². The van der Waals surface area contributed by atoms with Gasteiger partial charge in [0.05, 0.1) is 11.0 Å². The summed E-state index contributed by atoms with van der Waals surface area (Å²) in [5.74, 6) is 0.252. The molecule has 5 heteroatoms. The van der Waals surface area contributed by atoms with Crippen molar-refractivity contribution < 1.29 is 12.8 Å². The van der Waals surface area contributed by atoms with E-state index in [1.54, 1.807) is 6.92 Å². The van der Waals surface area contributed by atoms with E-state index in [1.807, 2.05) is 7.05 Å². The van der Waals surface area contributed by atoms with Gasteiger partial charge < -0.3 is 5.32 Å². The number of unbranched alkanes of at least 4 members (excludes halogenated alkanes) is 1. The molecular weight excluding hydrogens is 241 g/mol. The molecule has 0 spiro atoms. The summed E-state index contributed by atoms with van der Waals surface area (Å²) in [5, 5.41) is 2.70. The fraction of sp³-hybridized carbons (Fsp3) is 1.00. The van der Waals surface area contributed by atoms with Crippen LogP contribution in [0.25, 0.3) is 0 Å². The first-order chi connectivity index (χ1) is 7.87. The summed E-state index contributed by atoms with van der Waals surface area (Å²) < 4.78 is 37.6. The van der Waals surface area contributed by atoms with E-state index in [4.69, 9.17) is 0 Å². The van der Waals surface area contributed by atoms with Gasteiger partial charge in [-0.15, -0.1) is 0 Å². The maximum atomic E-state index is 13.6. The average molecular weight is 265 g/mol. The van der Waals surface area contributed by atoms with Crippen LogP contribution in [-0.4, -0.2) is 38.7 Å². The van der Waals surface area contributed by atoms with E-state index in [1.165, 1.54) is 0 Å². The first-order valence-corrected chi connectivity index (χ1v) is 8.14. The highest BCUT2D eigenvalue weighted by Crippen LogP contribution is 2.34. The van der Waals surface area contributed by atoms with Gasteiger partial charge in [-0.1, -0.05) is 0 Å². The van der Waals surface area contributed by atoms with Gasteiger partial charge in [0, 0.05) is 0 Å². The maximum Gasteiger partial charge on any atom is 0.153 e. The zero-order valence-corrected chi connectivity index (χ0v) is 11.7. The zero-order chi connectivity index (χ0) is 12.9.